The van der Waals surface area contributed by atoms with Crippen molar-refractivity contribution in [2.75, 3.05) is 0 Å². The van der Waals surface area contributed by atoms with Crippen molar-refractivity contribution in [1.82, 2.24) is 0 Å². The number of pyridine rings is 1. The van der Waals surface area contributed by atoms with Gasteiger partial charge in [-0.3, -0.25) is 0 Å². The molecule has 0 N–H and O–H groups in total. The Bertz CT molecular complexity index is 1060. The Hall–Kier alpha value is -2.55. The van der Waals surface area contributed by atoms with Crippen molar-refractivity contribution in [2.45, 2.75) is 18.5 Å². The third-order valence-electron chi connectivity index (χ3n) is 4.15. The van der Waals surface area contributed by atoms with Gasteiger partial charge in [-0.15, -0.1) is 0 Å². The molecule has 0 saturated carbocycles. The largest absolute Gasteiger partial charge is 0.439 e. The number of carbonyl (C=O) groups excluding carboxylic acids is 1. The van der Waals surface area contributed by atoms with Gasteiger partial charge in [0.05, 0.1) is 16.3 Å². The highest BCUT2D eigenvalue weighted by Crippen LogP contribution is 2.37. The lowest BCUT2D eigenvalue weighted by atomic mass is 10.0. The highest BCUT2D eigenvalue weighted by molar-refractivity contribution is 6.31. The second-order valence-electron chi connectivity index (χ2n) is 5.98. The number of hydrogen-bond acceptors (Lipinski definition) is 2. The van der Waals surface area contributed by atoms with Gasteiger partial charge in [0.1, 0.15) is 7.05 Å². The Morgan fingerprint density at radius 2 is 1.54 bits per heavy atom. The van der Waals surface area contributed by atoms with Gasteiger partial charge >= 0.3 is 18.3 Å². The first-order valence-electron chi connectivity index (χ1n) is 7.75. The summed E-state index contributed by atoms with van der Waals surface area (Å²) < 4.78 is 82.5. The average Bonchev–Trinajstić information content (AvgIpc) is 2.58. The fourth-order valence-corrected chi connectivity index (χ4v) is 3.13. The SMILES string of the molecule is C[n+]1c2ccccc2c(C(=O)OC(C(F)(F)F)C(F)(F)F)c2cc(Cl)ccc21. The molecule has 0 aliphatic rings. The fourth-order valence-electron chi connectivity index (χ4n) is 2.96. The molecule has 0 aliphatic carbocycles. The van der Waals surface area contributed by atoms with E-state index < -0.39 is 30.0 Å². The number of carbonyl (C=O) groups is 1. The first kappa shape index (κ1) is 20.2. The molecule has 1 heterocycles. The molecule has 0 radical (unpaired) electrons. The van der Waals surface area contributed by atoms with E-state index in [0.717, 1.165) is 0 Å². The predicted molar refractivity (Wildman–Crippen MR) is 89.0 cm³/mol. The summed E-state index contributed by atoms with van der Waals surface area (Å²) in [5.41, 5.74) is 0.371. The zero-order valence-electron chi connectivity index (χ0n) is 14.0. The van der Waals surface area contributed by atoms with E-state index in [1.54, 1.807) is 23.7 Å². The minimum Gasteiger partial charge on any atom is -0.439 e. The summed E-state index contributed by atoms with van der Waals surface area (Å²) in [6, 6.07) is 10.4. The topological polar surface area (TPSA) is 30.2 Å². The van der Waals surface area contributed by atoms with Gasteiger partial charge in [-0.05, 0) is 18.2 Å². The van der Waals surface area contributed by atoms with Gasteiger partial charge in [0, 0.05) is 17.2 Å². The third-order valence-corrected chi connectivity index (χ3v) is 4.38. The van der Waals surface area contributed by atoms with Crippen LogP contribution in [-0.4, -0.2) is 24.4 Å². The quantitative estimate of drug-likeness (QED) is 0.248. The molecule has 148 valence electrons. The normalized spacial score (nSPS) is 12.8. The lowest BCUT2D eigenvalue weighted by Gasteiger charge is -2.23. The molecule has 0 aliphatic heterocycles. The van der Waals surface area contributed by atoms with E-state index in [1.807, 2.05) is 0 Å². The van der Waals surface area contributed by atoms with Crippen LogP contribution in [0.5, 0.6) is 0 Å². The zero-order chi connectivity index (χ0) is 20.9. The van der Waals surface area contributed by atoms with Gasteiger partial charge < -0.3 is 4.74 Å². The van der Waals surface area contributed by atoms with Crippen molar-refractivity contribution in [3.05, 3.63) is 53.1 Å². The molecule has 0 fully saturated rings. The van der Waals surface area contributed by atoms with Gasteiger partial charge in [-0.25, -0.2) is 4.79 Å². The Kier molecular flexibility index (Phi) is 4.91. The number of benzene rings is 2. The van der Waals surface area contributed by atoms with Gasteiger partial charge in [0.25, 0.3) is 6.10 Å². The Morgan fingerprint density at radius 3 is 2.14 bits per heavy atom. The van der Waals surface area contributed by atoms with E-state index in [0.29, 0.717) is 11.0 Å². The van der Waals surface area contributed by atoms with Crippen molar-refractivity contribution in [2.24, 2.45) is 7.05 Å². The predicted octanol–water partition coefficient (Wildman–Crippen LogP) is 5.12. The minimum atomic E-state index is -5.81. The van der Waals surface area contributed by atoms with E-state index in [-0.39, 0.29) is 15.8 Å². The monoisotopic (exact) mass is 422 g/mol. The minimum absolute atomic E-state index is 0.0711. The molecule has 0 atom stereocenters. The lowest BCUT2D eigenvalue weighted by Crippen LogP contribution is -2.45. The van der Waals surface area contributed by atoms with E-state index in [9.17, 15) is 31.1 Å². The molecule has 28 heavy (non-hydrogen) atoms. The summed E-state index contributed by atoms with van der Waals surface area (Å²) in [5, 5.41) is 0.356. The van der Waals surface area contributed by atoms with Crippen molar-refractivity contribution >= 4 is 39.4 Å². The highest BCUT2D eigenvalue weighted by Gasteiger charge is 2.60. The Labute approximate surface area is 159 Å². The molecule has 0 unspecified atom stereocenters. The van der Waals surface area contributed by atoms with Crippen LogP contribution in [0.25, 0.3) is 21.8 Å². The number of para-hydroxylation sites is 1. The van der Waals surface area contributed by atoms with E-state index >= 15 is 0 Å². The van der Waals surface area contributed by atoms with Crippen LogP contribution in [0.3, 0.4) is 0 Å². The van der Waals surface area contributed by atoms with Crippen LogP contribution in [0.4, 0.5) is 26.3 Å². The van der Waals surface area contributed by atoms with E-state index in [2.05, 4.69) is 4.74 Å². The van der Waals surface area contributed by atoms with Gasteiger partial charge in [-0.2, -0.15) is 30.9 Å². The van der Waals surface area contributed by atoms with Crippen LogP contribution >= 0.6 is 11.6 Å². The van der Waals surface area contributed by atoms with Crippen LogP contribution < -0.4 is 4.57 Å². The van der Waals surface area contributed by atoms with Crippen LogP contribution in [-0.2, 0) is 11.8 Å². The number of alkyl halides is 6. The molecule has 10 heteroatoms. The molecule has 3 rings (SSSR count). The summed E-state index contributed by atoms with van der Waals surface area (Å²) in [4.78, 5) is 12.5. The Morgan fingerprint density at radius 1 is 0.964 bits per heavy atom. The summed E-state index contributed by atoms with van der Waals surface area (Å²) in [7, 11) is 1.64. The molecule has 3 nitrogen and oxygen atoms in total. The zero-order valence-corrected chi connectivity index (χ0v) is 14.8. The smallest absolute Gasteiger partial charge is 0.434 e. The standard InChI is InChI=1S/C18H11ClF6NO2/c1-26-12-5-3-2-4-10(12)14(11-8-9(19)6-7-13(11)26)15(27)28-16(17(20,21)22)18(23,24)25/h2-8,16H,1H3/q+1. The molecular formula is C18H11ClF6NO2+. The number of rotatable bonds is 2. The maximum Gasteiger partial charge on any atom is 0.434 e. The number of halogens is 7. The summed E-state index contributed by atoms with van der Waals surface area (Å²) in [6.45, 7) is 0. The van der Waals surface area contributed by atoms with Gasteiger partial charge in [-0.1, -0.05) is 23.7 Å². The maximum absolute atomic E-state index is 12.8. The maximum atomic E-state index is 12.8. The van der Waals surface area contributed by atoms with E-state index in [4.69, 9.17) is 11.6 Å². The van der Waals surface area contributed by atoms with Crippen molar-refractivity contribution < 1.29 is 40.4 Å². The number of esters is 1. The fraction of sp³-hybridized carbons (Fsp3) is 0.222. The van der Waals surface area contributed by atoms with Crippen molar-refractivity contribution in [3.8, 4) is 0 Å². The van der Waals surface area contributed by atoms with Gasteiger partial charge in [0.15, 0.2) is 0 Å². The highest BCUT2D eigenvalue weighted by atomic mass is 35.5. The number of ether oxygens (including phenoxy) is 1. The second kappa shape index (κ2) is 6.80. The molecule has 0 saturated heterocycles. The molecule has 0 spiro atoms. The van der Waals surface area contributed by atoms with Crippen LogP contribution in [0.1, 0.15) is 10.4 Å². The molecule has 2 aromatic carbocycles. The first-order valence-corrected chi connectivity index (χ1v) is 8.13. The first-order chi connectivity index (χ1) is 12.9. The molecule has 0 amide bonds. The lowest BCUT2D eigenvalue weighted by molar-refractivity contribution is -0.617. The molecule has 1 aromatic heterocycles. The number of hydrogen-bond donors (Lipinski definition) is 0. The molecule has 3 aromatic rings. The van der Waals surface area contributed by atoms with Crippen molar-refractivity contribution in [3.63, 3.8) is 0 Å². The average molecular weight is 423 g/mol. The third kappa shape index (κ3) is 3.58. The molecular weight excluding hydrogens is 412 g/mol. The van der Waals surface area contributed by atoms with Crippen LogP contribution in [0, 0.1) is 0 Å². The second-order valence-corrected chi connectivity index (χ2v) is 6.42. The van der Waals surface area contributed by atoms with Crippen molar-refractivity contribution in [1.29, 1.82) is 0 Å². The summed E-state index contributed by atoms with van der Waals surface area (Å²) in [6.07, 6.45) is -15.9. The number of nitrogens with zero attached hydrogens (tertiary/aromatic N) is 1. The van der Waals surface area contributed by atoms with Crippen LogP contribution in [0.15, 0.2) is 42.5 Å². The van der Waals surface area contributed by atoms with Gasteiger partial charge in [0.2, 0.25) is 11.0 Å². The molecule has 0 bridgehead atoms. The summed E-state index contributed by atoms with van der Waals surface area (Å²) >= 11 is 5.93. The number of fused-ring (bicyclic) bond motifs is 2. The summed E-state index contributed by atoms with van der Waals surface area (Å²) in [5.74, 6) is -1.75. The van der Waals surface area contributed by atoms with E-state index in [1.165, 1.54) is 30.3 Å². The number of aryl methyl sites for hydroxylation is 1. The Balaban J connectivity index is 2.27. The number of aromatic nitrogens is 1. The van der Waals surface area contributed by atoms with Crippen LogP contribution in [0.2, 0.25) is 5.02 Å².